The van der Waals surface area contributed by atoms with Gasteiger partial charge < -0.3 is 14.7 Å². The SMILES string of the molecule is Cc1cccc(NC(=O)c2cc3occc3[nH]2)c1. The molecule has 0 spiro atoms. The van der Waals surface area contributed by atoms with Crippen molar-refractivity contribution in [2.45, 2.75) is 6.92 Å². The van der Waals surface area contributed by atoms with Crippen LogP contribution in [0.5, 0.6) is 0 Å². The lowest BCUT2D eigenvalue weighted by atomic mass is 10.2. The van der Waals surface area contributed by atoms with E-state index in [2.05, 4.69) is 10.3 Å². The summed E-state index contributed by atoms with van der Waals surface area (Å²) in [5, 5.41) is 2.84. The lowest BCUT2D eigenvalue weighted by molar-refractivity contribution is 0.102. The molecule has 18 heavy (non-hydrogen) atoms. The summed E-state index contributed by atoms with van der Waals surface area (Å²) in [6.45, 7) is 1.98. The number of aromatic amines is 1. The summed E-state index contributed by atoms with van der Waals surface area (Å²) < 4.78 is 5.21. The minimum Gasteiger partial charge on any atom is -0.463 e. The molecule has 4 nitrogen and oxygen atoms in total. The Hall–Kier alpha value is -2.49. The van der Waals surface area contributed by atoms with Gasteiger partial charge in [0.15, 0.2) is 5.58 Å². The summed E-state index contributed by atoms with van der Waals surface area (Å²) in [6, 6.07) is 11.2. The van der Waals surface area contributed by atoms with Gasteiger partial charge in [-0.25, -0.2) is 0 Å². The summed E-state index contributed by atoms with van der Waals surface area (Å²) in [4.78, 5) is 15.0. The lowest BCUT2D eigenvalue weighted by Crippen LogP contribution is -2.12. The van der Waals surface area contributed by atoms with Crippen LogP contribution in [0.1, 0.15) is 16.1 Å². The summed E-state index contributed by atoms with van der Waals surface area (Å²) in [6.07, 6.45) is 1.59. The second kappa shape index (κ2) is 4.07. The van der Waals surface area contributed by atoms with E-state index in [0.717, 1.165) is 16.8 Å². The van der Waals surface area contributed by atoms with Crippen LogP contribution in [0.25, 0.3) is 11.1 Å². The molecule has 3 rings (SSSR count). The molecule has 0 unspecified atom stereocenters. The van der Waals surface area contributed by atoms with Crippen molar-refractivity contribution < 1.29 is 9.21 Å². The van der Waals surface area contributed by atoms with Crippen LogP contribution in [0, 0.1) is 6.92 Å². The van der Waals surface area contributed by atoms with Gasteiger partial charge in [-0.2, -0.15) is 0 Å². The molecule has 0 saturated heterocycles. The monoisotopic (exact) mass is 240 g/mol. The molecule has 0 atom stereocenters. The third-order valence-electron chi connectivity index (χ3n) is 2.76. The van der Waals surface area contributed by atoms with Crippen molar-refractivity contribution in [2.24, 2.45) is 0 Å². The van der Waals surface area contributed by atoms with Crippen LogP contribution in [-0.2, 0) is 0 Å². The molecule has 0 aliphatic carbocycles. The van der Waals surface area contributed by atoms with E-state index in [1.54, 1.807) is 18.4 Å². The van der Waals surface area contributed by atoms with Gasteiger partial charge in [0.2, 0.25) is 0 Å². The number of aryl methyl sites for hydroxylation is 1. The highest BCUT2D eigenvalue weighted by Crippen LogP contribution is 2.17. The molecule has 0 fully saturated rings. The number of nitrogens with one attached hydrogen (secondary N) is 2. The highest BCUT2D eigenvalue weighted by molar-refractivity contribution is 6.05. The largest absolute Gasteiger partial charge is 0.463 e. The minimum absolute atomic E-state index is 0.174. The molecule has 90 valence electrons. The number of rotatable bonds is 2. The van der Waals surface area contributed by atoms with E-state index >= 15 is 0 Å². The van der Waals surface area contributed by atoms with Gasteiger partial charge in [-0.3, -0.25) is 4.79 Å². The third-order valence-corrected chi connectivity index (χ3v) is 2.76. The topological polar surface area (TPSA) is 58.0 Å². The molecule has 0 aliphatic rings. The van der Waals surface area contributed by atoms with Crippen molar-refractivity contribution in [1.29, 1.82) is 0 Å². The summed E-state index contributed by atoms with van der Waals surface area (Å²) in [5.41, 5.74) is 3.89. The molecule has 3 aromatic rings. The number of carbonyl (C=O) groups is 1. The number of H-pyrrole nitrogens is 1. The Morgan fingerprint density at radius 1 is 1.28 bits per heavy atom. The second-order valence-corrected chi connectivity index (χ2v) is 4.21. The van der Waals surface area contributed by atoms with Gasteiger partial charge in [-0.15, -0.1) is 0 Å². The van der Waals surface area contributed by atoms with Crippen molar-refractivity contribution in [3.8, 4) is 0 Å². The quantitative estimate of drug-likeness (QED) is 0.721. The van der Waals surface area contributed by atoms with Gasteiger partial charge in [0, 0.05) is 17.8 Å². The fraction of sp³-hybridized carbons (Fsp3) is 0.0714. The van der Waals surface area contributed by atoms with Crippen molar-refractivity contribution in [1.82, 2.24) is 4.98 Å². The third kappa shape index (κ3) is 1.88. The summed E-state index contributed by atoms with van der Waals surface area (Å²) in [5.74, 6) is -0.174. The maximum atomic E-state index is 12.0. The normalized spacial score (nSPS) is 10.7. The molecule has 0 aliphatic heterocycles. The van der Waals surface area contributed by atoms with Crippen LogP contribution in [0.2, 0.25) is 0 Å². The number of benzene rings is 1. The zero-order chi connectivity index (χ0) is 12.5. The molecule has 1 amide bonds. The van der Waals surface area contributed by atoms with Crippen LogP contribution < -0.4 is 5.32 Å². The number of amides is 1. The van der Waals surface area contributed by atoms with E-state index in [-0.39, 0.29) is 5.91 Å². The van der Waals surface area contributed by atoms with Crippen LogP contribution in [0.4, 0.5) is 5.69 Å². The Balaban J connectivity index is 1.85. The highest BCUT2D eigenvalue weighted by Gasteiger charge is 2.11. The number of hydrogen-bond acceptors (Lipinski definition) is 2. The number of aromatic nitrogens is 1. The predicted octanol–water partition coefficient (Wildman–Crippen LogP) is 3.32. The molecular weight excluding hydrogens is 228 g/mol. The van der Waals surface area contributed by atoms with Gasteiger partial charge in [-0.1, -0.05) is 12.1 Å². The van der Waals surface area contributed by atoms with E-state index in [4.69, 9.17) is 4.42 Å². The maximum Gasteiger partial charge on any atom is 0.272 e. The van der Waals surface area contributed by atoms with E-state index in [9.17, 15) is 4.79 Å². The molecule has 2 heterocycles. The first kappa shape index (κ1) is 10.7. The minimum atomic E-state index is -0.174. The van der Waals surface area contributed by atoms with Gasteiger partial charge in [0.1, 0.15) is 5.69 Å². The standard InChI is InChI=1S/C14H12N2O2/c1-9-3-2-4-10(7-9)15-14(17)12-8-13-11(16-12)5-6-18-13/h2-8,16H,1H3,(H,15,17). The number of hydrogen-bond donors (Lipinski definition) is 2. The van der Waals surface area contributed by atoms with Crippen LogP contribution in [0.3, 0.4) is 0 Å². The van der Waals surface area contributed by atoms with Gasteiger partial charge in [0.25, 0.3) is 5.91 Å². The zero-order valence-corrected chi connectivity index (χ0v) is 9.86. The molecule has 2 aromatic heterocycles. The van der Waals surface area contributed by atoms with E-state index in [1.165, 1.54) is 0 Å². The van der Waals surface area contributed by atoms with Crippen LogP contribution in [-0.4, -0.2) is 10.9 Å². The van der Waals surface area contributed by atoms with Gasteiger partial charge in [-0.05, 0) is 24.6 Å². The lowest BCUT2D eigenvalue weighted by Gasteiger charge is -2.04. The Bertz CT molecular complexity index is 681. The molecule has 0 bridgehead atoms. The molecular formula is C14H12N2O2. The van der Waals surface area contributed by atoms with Gasteiger partial charge >= 0.3 is 0 Å². The first-order chi connectivity index (χ1) is 8.72. The van der Waals surface area contributed by atoms with E-state index in [0.29, 0.717) is 11.3 Å². The molecule has 0 saturated carbocycles. The van der Waals surface area contributed by atoms with Crippen molar-refractivity contribution in [3.63, 3.8) is 0 Å². The smallest absolute Gasteiger partial charge is 0.272 e. The first-order valence-electron chi connectivity index (χ1n) is 5.66. The predicted molar refractivity (Wildman–Crippen MR) is 69.7 cm³/mol. The zero-order valence-electron chi connectivity index (χ0n) is 9.86. The number of anilines is 1. The van der Waals surface area contributed by atoms with Crippen LogP contribution >= 0.6 is 0 Å². The number of furan rings is 1. The number of fused-ring (bicyclic) bond motifs is 1. The first-order valence-corrected chi connectivity index (χ1v) is 5.66. The van der Waals surface area contributed by atoms with Crippen molar-refractivity contribution in [2.75, 3.05) is 5.32 Å². The number of carbonyl (C=O) groups excluding carboxylic acids is 1. The molecule has 2 N–H and O–H groups in total. The van der Waals surface area contributed by atoms with Gasteiger partial charge in [0.05, 0.1) is 11.8 Å². The highest BCUT2D eigenvalue weighted by atomic mass is 16.3. The Morgan fingerprint density at radius 2 is 2.17 bits per heavy atom. The van der Waals surface area contributed by atoms with E-state index < -0.39 is 0 Å². The Morgan fingerprint density at radius 3 is 2.94 bits per heavy atom. The summed E-state index contributed by atoms with van der Waals surface area (Å²) >= 11 is 0. The second-order valence-electron chi connectivity index (χ2n) is 4.21. The average Bonchev–Trinajstić information content (AvgIpc) is 2.88. The molecule has 4 heteroatoms. The summed E-state index contributed by atoms with van der Waals surface area (Å²) in [7, 11) is 0. The van der Waals surface area contributed by atoms with Crippen molar-refractivity contribution in [3.05, 3.63) is 53.9 Å². The molecule has 0 radical (unpaired) electrons. The fourth-order valence-corrected chi connectivity index (χ4v) is 1.89. The maximum absolute atomic E-state index is 12.0. The Labute approximate surface area is 104 Å². The molecule has 1 aromatic carbocycles. The van der Waals surface area contributed by atoms with E-state index in [1.807, 2.05) is 31.2 Å². The average molecular weight is 240 g/mol. The Kier molecular flexibility index (Phi) is 2.41. The fourth-order valence-electron chi connectivity index (χ4n) is 1.89. The van der Waals surface area contributed by atoms with Crippen LogP contribution in [0.15, 0.2) is 47.1 Å². The van der Waals surface area contributed by atoms with Crippen molar-refractivity contribution >= 4 is 22.7 Å².